The van der Waals surface area contributed by atoms with Gasteiger partial charge in [-0.25, -0.2) is 9.97 Å². The first-order valence-corrected chi connectivity index (χ1v) is 9.98. The van der Waals surface area contributed by atoms with Gasteiger partial charge in [-0.3, -0.25) is 9.59 Å². The molecular weight excluding hydrogens is 346 g/mol. The normalized spacial score (nSPS) is 27.3. The third-order valence-corrected chi connectivity index (χ3v) is 6.26. The summed E-state index contributed by atoms with van der Waals surface area (Å²) in [6.07, 6.45) is 6.08. The lowest BCUT2D eigenvalue weighted by molar-refractivity contribution is -0.140. The Labute approximate surface area is 158 Å². The van der Waals surface area contributed by atoms with Gasteiger partial charge in [0.1, 0.15) is 0 Å². The molecule has 5 heterocycles. The molecule has 0 aromatic carbocycles. The fourth-order valence-corrected chi connectivity index (χ4v) is 4.88. The highest BCUT2D eigenvalue weighted by atomic mass is 16.5. The Balaban J connectivity index is 1.35. The quantitative estimate of drug-likeness (QED) is 0.771. The lowest BCUT2D eigenvalue weighted by Gasteiger charge is -2.37. The topological polar surface area (TPSA) is 78.9 Å². The van der Waals surface area contributed by atoms with Gasteiger partial charge in [0.15, 0.2) is 0 Å². The standard InChI is InChI=1S/C19H25N5O3/c25-17-2-1-5-23(17)12-18(26)24-13-3-4-16(24)14-11-20-19(21-15(14)10-13)22-6-8-27-9-7-22/h11,13,16H,1-10,12H2. The minimum Gasteiger partial charge on any atom is -0.378 e. The van der Waals surface area contributed by atoms with Gasteiger partial charge >= 0.3 is 0 Å². The van der Waals surface area contributed by atoms with Crippen molar-refractivity contribution in [3.63, 3.8) is 0 Å². The van der Waals surface area contributed by atoms with Crippen molar-refractivity contribution in [2.45, 2.75) is 44.2 Å². The molecule has 0 saturated carbocycles. The Morgan fingerprint density at radius 3 is 2.85 bits per heavy atom. The van der Waals surface area contributed by atoms with Crippen molar-refractivity contribution in [3.05, 3.63) is 17.5 Å². The molecular formula is C19H25N5O3. The second-order valence-electron chi connectivity index (χ2n) is 7.84. The summed E-state index contributed by atoms with van der Waals surface area (Å²) in [5.74, 6) is 0.950. The minimum absolute atomic E-state index is 0.0581. The molecule has 2 unspecified atom stereocenters. The zero-order valence-electron chi connectivity index (χ0n) is 15.5. The first-order chi connectivity index (χ1) is 13.2. The maximum Gasteiger partial charge on any atom is 0.242 e. The molecule has 3 saturated heterocycles. The Bertz CT molecular complexity index is 764. The van der Waals surface area contributed by atoms with Crippen molar-refractivity contribution in [1.82, 2.24) is 19.8 Å². The number of hydrogen-bond donors (Lipinski definition) is 0. The van der Waals surface area contributed by atoms with Crippen LogP contribution in [0.5, 0.6) is 0 Å². The van der Waals surface area contributed by atoms with Gasteiger partial charge in [-0.05, 0) is 19.3 Å². The van der Waals surface area contributed by atoms with E-state index in [1.807, 2.05) is 11.1 Å². The summed E-state index contributed by atoms with van der Waals surface area (Å²) in [6, 6.07) is 0.253. The zero-order valence-corrected chi connectivity index (χ0v) is 15.5. The highest BCUT2D eigenvalue weighted by Gasteiger charge is 2.44. The largest absolute Gasteiger partial charge is 0.378 e. The number of nitrogens with zero attached hydrogens (tertiary/aromatic N) is 5. The van der Waals surface area contributed by atoms with E-state index in [0.29, 0.717) is 26.2 Å². The molecule has 0 N–H and O–H groups in total. The fourth-order valence-electron chi connectivity index (χ4n) is 4.88. The number of anilines is 1. The van der Waals surface area contributed by atoms with Crippen LogP contribution >= 0.6 is 0 Å². The van der Waals surface area contributed by atoms with Gasteiger partial charge in [-0.15, -0.1) is 0 Å². The van der Waals surface area contributed by atoms with Gasteiger partial charge in [0.05, 0.1) is 31.5 Å². The number of fused-ring (bicyclic) bond motifs is 4. The van der Waals surface area contributed by atoms with Crippen LogP contribution in [0.15, 0.2) is 6.20 Å². The van der Waals surface area contributed by atoms with Crippen molar-refractivity contribution in [3.8, 4) is 0 Å². The molecule has 144 valence electrons. The van der Waals surface area contributed by atoms with Crippen molar-refractivity contribution in [2.24, 2.45) is 0 Å². The number of likely N-dealkylation sites (tertiary alicyclic amines) is 1. The van der Waals surface area contributed by atoms with Crippen molar-refractivity contribution in [2.75, 3.05) is 44.3 Å². The summed E-state index contributed by atoms with van der Waals surface area (Å²) in [7, 11) is 0. The van der Waals surface area contributed by atoms with E-state index >= 15 is 0 Å². The van der Waals surface area contributed by atoms with E-state index in [4.69, 9.17) is 9.72 Å². The van der Waals surface area contributed by atoms with E-state index < -0.39 is 0 Å². The Hall–Kier alpha value is -2.22. The molecule has 0 radical (unpaired) electrons. The number of morpholine rings is 1. The second kappa shape index (κ2) is 6.74. The molecule has 0 spiro atoms. The number of carbonyl (C=O) groups excluding carboxylic acids is 2. The van der Waals surface area contributed by atoms with Crippen LogP contribution in [0.2, 0.25) is 0 Å². The van der Waals surface area contributed by atoms with Crippen LogP contribution in [0.3, 0.4) is 0 Å². The first kappa shape index (κ1) is 16.9. The summed E-state index contributed by atoms with van der Waals surface area (Å²) in [6.45, 7) is 3.98. The Morgan fingerprint density at radius 2 is 2.07 bits per heavy atom. The van der Waals surface area contributed by atoms with Crippen LogP contribution in [-0.4, -0.2) is 77.0 Å². The SMILES string of the molecule is O=C1CCCN1CC(=O)N1C2CCC1c1cnc(N3CCOCC3)nc1C2. The lowest BCUT2D eigenvalue weighted by Crippen LogP contribution is -2.47. The number of aromatic nitrogens is 2. The zero-order chi connectivity index (χ0) is 18.4. The van der Waals surface area contributed by atoms with Crippen LogP contribution in [0.25, 0.3) is 0 Å². The summed E-state index contributed by atoms with van der Waals surface area (Å²) >= 11 is 0. The van der Waals surface area contributed by atoms with E-state index in [-0.39, 0.29) is 30.4 Å². The molecule has 8 nitrogen and oxygen atoms in total. The van der Waals surface area contributed by atoms with Gasteiger partial charge in [-0.2, -0.15) is 0 Å². The maximum atomic E-state index is 13.0. The van der Waals surface area contributed by atoms with E-state index in [9.17, 15) is 9.59 Å². The molecule has 5 rings (SSSR count). The average molecular weight is 371 g/mol. The molecule has 2 bridgehead atoms. The molecule has 2 atom stereocenters. The molecule has 8 heteroatoms. The molecule has 27 heavy (non-hydrogen) atoms. The van der Waals surface area contributed by atoms with Crippen molar-refractivity contribution < 1.29 is 14.3 Å². The molecule has 0 aliphatic carbocycles. The predicted octanol–water partition coefficient (Wildman–Crippen LogP) is 0.524. The van der Waals surface area contributed by atoms with Crippen LogP contribution in [-0.2, 0) is 20.7 Å². The summed E-state index contributed by atoms with van der Waals surface area (Å²) in [5.41, 5.74) is 2.17. The van der Waals surface area contributed by atoms with Crippen LogP contribution in [0, 0.1) is 0 Å². The summed E-state index contributed by atoms with van der Waals surface area (Å²) < 4.78 is 5.41. The Morgan fingerprint density at radius 1 is 1.22 bits per heavy atom. The molecule has 2 amide bonds. The average Bonchev–Trinajstić information content (AvgIpc) is 3.24. The van der Waals surface area contributed by atoms with Gasteiger partial charge in [0.2, 0.25) is 17.8 Å². The molecule has 4 aliphatic rings. The van der Waals surface area contributed by atoms with Gasteiger partial charge in [0.25, 0.3) is 0 Å². The first-order valence-electron chi connectivity index (χ1n) is 9.98. The van der Waals surface area contributed by atoms with Gasteiger partial charge < -0.3 is 19.4 Å². The third kappa shape index (κ3) is 2.96. The Kier molecular flexibility index (Phi) is 4.22. The number of amides is 2. The van der Waals surface area contributed by atoms with Crippen LogP contribution < -0.4 is 4.90 Å². The summed E-state index contributed by atoms with van der Waals surface area (Å²) in [5, 5.41) is 0. The smallest absolute Gasteiger partial charge is 0.242 e. The second-order valence-corrected chi connectivity index (χ2v) is 7.84. The van der Waals surface area contributed by atoms with Crippen molar-refractivity contribution in [1.29, 1.82) is 0 Å². The molecule has 1 aromatic rings. The number of ether oxygens (including phenoxy) is 1. The lowest BCUT2D eigenvalue weighted by atomic mass is 9.99. The molecule has 3 fully saturated rings. The van der Waals surface area contributed by atoms with E-state index in [2.05, 4.69) is 9.88 Å². The number of rotatable bonds is 3. The number of carbonyl (C=O) groups is 2. The monoisotopic (exact) mass is 371 g/mol. The third-order valence-electron chi connectivity index (χ3n) is 6.26. The van der Waals surface area contributed by atoms with Gasteiger partial charge in [0, 0.05) is 50.3 Å². The highest BCUT2D eigenvalue weighted by Crippen LogP contribution is 2.43. The van der Waals surface area contributed by atoms with E-state index in [1.165, 1.54) is 0 Å². The maximum absolute atomic E-state index is 13.0. The summed E-state index contributed by atoms with van der Waals surface area (Å²) in [4.78, 5) is 40.2. The predicted molar refractivity (Wildman–Crippen MR) is 97.2 cm³/mol. The number of hydrogen-bond acceptors (Lipinski definition) is 6. The van der Waals surface area contributed by atoms with E-state index in [1.54, 1.807) is 4.90 Å². The highest BCUT2D eigenvalue weighted by molar-refractivity contribution is 5.86. The van der Waals surface area contributed by atoms with Crippen LogP contribution in [0.4, 0.5) is 5.95 Å². The van der Waals surface area contributed by atoms with Gasteiger partial charge in [-0.1, -0.05) is 0 Å². The van der Waals surface area contributed by atoms with E-state index in [0.717, 1.165) is 56.0 Å². The van der Waals surface area contributed by atoms with Crippen LogP contribution in [0.1, 0.15) is 43.0 Å². The fraction of sp³-hybridized carbons (Fsp3) is 0.684. The van der Waals surface area contributed by atoms with Crippen molar-refractivity contribution >= 4 is 17.8 Å². The molecule has 4 aliphatic heterocycles. The molecule has 1 aromatic heterocycles. The minimum atomic E-state index is 0.0581.